The van der Waals surface area contributed by atoms with Crippen LogP contribution in [-0.4, -0.2) is 20.7 Å². The summed E-state index contributed by atoms with van der Waals surface area (Å²) in [5.41, 5.74) is 1.02. The summed E-state index contributed by atoms with van der Waals surface area (Å²) >= 11 is 1.59. The van der Waals surface area contributed by atoms with Crippen molar-refractivity contribution in [3.05, 3.63) is 77.6 Å². The van der Waals surface area contributed by atoms with Gasteiger partial charge in [0.2, 0.25) is 0 Å². The fraction of sp³-hybridized carbons (Fsp3) is 0.188. The molecule has 1 atom stereocenters. The summed E-state index contributed by atoms with van der Waals surface area (Å²) in [4.78, 5) is 5.99. The van der Waals surface area contributed by atoms with E-state index in [1.54, 1.807) is 24.2 Å². The molecular weight excluding hydrogens is 268 g/mol. The Hall–Kier alpha value is -1.78. The zero-order valence-corrected chi connectivity index (χ0v) is 11.9. The molecule has 0 amide bonds. The summed E-state index contributed by atoms with van der Waals surface area (Å²) in [6.07, 6.45) is 3.53. The van der Waals surface area contributed by atoms with Gasteiger partial charge in [0, 0.05) is 24.5 Å². The standard InChI is InChI=1S/C16H16N2OS/c1-13-18(11-14-7-9-17-10-8-14)16(19,12-20-13)15-5-3-2-4-6-15/h2-10,19H,1,11-12H2. The molecule has 0 radical (unpaired) electrons. The minimum Gasteiger partial charge on any atom is -0.366 e. The van der Waals surface area contributed by atoms with Gasteiger partial charge in [0.15, 0.2) is 5.72 Å². The van der Waals surface area contributed by atoms with Crippen LogP contribution in [-0.2, 0) is 12.3 Å². The lowest BCUT2D eigenvalue weighted by Crippen LogP contribution is -2.41. The van der Waals surface area contributed by atoms with E-state index >= 15 is 0 Å². The lowest BCUT2D eigenvalue weighted by Gasteiger charge is -2.35. The molecular formula is C16H16N2OS. The van der Waals surface area contributed by atoms with Crippen molar-refractivity contribution in [2.24, 2.45) is 0 Å². The van der Waals surface area contributed by atoms with E-state index in [4.69, 9.17) is 0 Å². The third-order valence-electron chi connectivity index (χ3n) is 3.51. The number of thioether (sulfide) groups is 1. The highest BCUT2D eigenvalue weighted by Crippen LogP contribution is 2.44. The number of nitrogens with zero attached hydrogens (tertiary/aromatic N) is 2. The van der Waals surface area contributed by atoms with Crippen molar-refractivity contribution in [3.8, 4) is 0 Å². The van der Waals surface area contributed by atoms with Crippen molar-refractivity contribution in [2.45, 2.75) is 12.3 Å². The molecule has 4 heteroatoms. The maximum Gasteiger partial charge on any atom is 0.174 e. The molecule has 102 valence electrons. The zero-order chi connectivity index (χ0) is 14.0. The molecule has 1 aliphatic rings. The molecule has 1 aromatic heterocycles. The predicted molar refractivity (Wildman–Crippen MR) is 81.7 cm³/mol. The van der Waals surface area contributed by atoms with E-state index in [9.17, 15) is 5.11 Å². The van der Waals surface area contributed by atoms with Crippen molar-refractivity contribution >= 4 is 11.8 Å². The number of hydrogen-bond donors (Lipinski definition) is 1. The normalized spacial score (nSPS) is 22.2. The van der Waals surface area contributed by atoms with E-state index in [-0.39, 0.29) is 0 Å². The van der Waals surface area contributed by atoms with E-state index in [1.807, 2.05) is 47.4 Å². The van der Waals surface area contributed by atoms with Gasteiger partial charge in [0.1, 0.15) is 0 Å². The van der Waals surface area contributed by atoms with E-state index in [0.29, 0.717) is 12.3 Å². The number of hydrogen-bond acceptors (Lipinski definition) is 4. The van der Waals surface area contributed by atoms with Crippen LogP contribution in [0.3, 0.4) is 0 Å². The first kappa shape index (κ1) is 13.2. The average Bonchev–Trinajstić information content (AvgIpc) is 2.79. The molecule has 2 aromatic rings. The van der Waals surface area contributed by atoms with Gasteiger partial charge in [-0.2, -0.15) is 0 Å². The van der Waals surface area contributed by atoms with Crippen molar-refractivity contribution in [1.29, 1.82) is 0 Å². The van der Waals surface area contributed by atoms with Gasteiger partial charge < -0.3 is 10.0 Å². The first-order valence-electron chi connectivity index (χ1n) is 6.46. The number of pyridine rings is 1. The smallest absolute Gasteiger partial charge is 0.174 e. The van der Waals surface area contributed by atoms with Crippen LogP contribution in [0.4, 0.5) is 0 Å². The minimum atomic E-state index is -0.994. The van der Waals surface area contributed by atoms with Crippen molar-refractivity contribution in [1.82, 2.24) is 9.88 Å². The maximum atomic E-state index is 11.1. The Balaban J connectivity index is 1.93. The molecule has 1 aliphatic heterocycles. The second kappa shape index (κ2) is 5.31. The topological polar surface area (TPSA) is 36.4 Å². The van der Waals surface area contributed by atoms with Crippen LogP contribution < -0.4 is 0 Å². The fourth-order valence-corrected chi connectivity index (χ4v) is 3.44. The molecule has 1 aromatic carbocycles. The Kier molecular flexibility index (Phi) is 3.51. The van der Waals surface area contributed by atoms with Crippen LogP contribution in [0, 0.1) is 0 Å². The molecule has 3 nitrogen and oxygen atoms in total. The van der Waals surface area contributed by atoms with E-state index in [0.717, 1.165) is 16.2 Å². The summed E-state index contributed by atoms with van der Waals surface area (Å²) in [5, 5.41) is 12.0. The number of aliphatic hydroxyl groups is 1. The van der Waals surface area contributed by atoms with Crippen LogP contribution in [0.1, 0.15) is 11.1 Å². The van der Waals surface area contributed by atoms with Crippen molar-refractivity contribution < 1.29 is 5.11 Å². The SMILES string of the molecule is C=C1SCC(O)(c2ccccc2)N1Cc1ccncc1. The third kappa shape index (κ3) is 2.32. The van der Waals surface area contributed by atoms with Gasteiger partial charge in [-0.25, -0.2) is 0 Å². The Morgan fingerprint density at radius 1 is 1.20 bits per heavy atom. The lowest BCUT2D eigenvalue weighted by atomic mass is 10.0. The van der Waals surface area contributed by atoms with Gasteiger partial charge >= 0.3 is 0 Å². The Bertz CT molecular complexity index is 602. The van der Waals surface area contributed by atoms with Crippen LogP contribution in [0.5, 0.6) is 0 Å². The maximum absolute atomic E-state index is 11.1. The van der Waals surface area contributed by atoms with Gasteiger partial charge in [0.25, 0.3) is 0 Å². The third-order valence-corrected chi connectivity index (χ3v) is 4.61. The Morgan fingerprint density at radius 2 is 1.90 bits per heavy atom. The molecule has 2 heterocycles. The quantitative estimate of drug-likeness (QED) is 0.940. The number of benzene rings is 1. The molecule has 0 spiro atoms. The predicted octanol–water partition coefficient (Wildman–Crippen LogP) is 2.95. The molecule has 1 saturated heterocycles. The number of rotatable bonds is 3. The molecule has 1 fully saturated rings. The Morgan fingerprint density at radius 3 is 2.60 bits per heavy atom. The first-order chi connectivity index (χ1) is 9.70. The Labute approximate surface area is 123 Å². The highest BCUT2D eigenvalue weighted by atomic mass is 32.2. The van der Waals surface area contributed by atoms with Gasteiger partial charge in [-0.3, -0.25) is 4.98 Å². The molecule has 3 rings (SSSR count). The van der Waals surface area contributed by atoms with Crippen LogP contribution in [0.15, 0.2) is 66.5 Å². The van der Waals surface area contributed by atoms with Crippen LogP contribution >= 0.6 is 11.8 Å². The van der Waals surface area contributed by atoms with Crippen LogP contribution in [0.25, 0.3) is 0 Å². The minimum absolute atomic E-state index is 0.598. The van der Waals surface area contributed by atoms with E-state index in [1.165, 1.54) is 0 Å². The van der Waals surface area contributed by atoms with Crippen LogP contribution in [0.2, 0.25) is 0 Å². The van der Waals surface area contributed by atoms with Gasteiger partial charge in [0.05, 0.1) is 10.8 Å². The largest absolute Gasteiger partial charge is 0.366 e. The van der Waals surface area contributed by atoms with E-state index in [2.05, 4.69) is 11.6 Å². The summed E-state index contributed by atoms with van der Waals surface area (Å²) in [6.45, 7) is 4.69. The second-order valence-corrected chi connectivity index (χ2v) is 5.86. The molecule has 1 N–H and O–H groups in total. The summed E-state index contributed by atoms with van der Waals surface area (Å²) in [5.74, 6) is 0.598. The highest BCUT2D eigenvalue weighted by molar-refractivity contribution is 8.03. The molecule has 0 bridgehead atoms. The monoisotopic (exact) mass is 284 g/mol. The van der Waals surface area contributed by atoms with Gasteiger partial charge in [-0.05, 0) is 17.7 Å². The molecule has 0 aliphatic carbocycles. The summed E-state index contributed by atoms with van der Waals surface area (Å²) < 4.78 is 0. The molecule has 20 heavy (non-hydrogen) atoms. The van der Waals surface area contributed by atoms with Crippen molar-refractivity contribution in [2.75, 3.05) is 5.75 Å². The van der Waals surface area contributed by atoms with Gasteiger partial charge in [-0.1, -0.05) is 36.9 Å². The number of aromatic nitrogens is 1. The van der Waals surface area contributed by atoms with Crippen molar-refractivity contribution in [3.63, 3.8) is 0 Å². The molecule has 1 unspecified atom stereocenters. The lowest BCUT2D eigenvalue weighted by molar-refractivity contribution is -0.0682. The zero-order valence-electron chi connectivity index (χ0n) is 11.1. The molecule has 0 saturated carbocycles. The second-order valence-electron chi connectivity index (χ2n) is 4.81. The fourth-order valence-electron chi connectivity index (χ4n) is 2.38. The highest BCUT2D eigenvalue weighted by Gasteiger charge is 2.42. The van der Waals surface area contributed by atoms with Gasteiger partial charge in [-0.15, -0.1) is 11.8 Å². The first-order valence-corrected chi connectivity index (χ1v) is 7.45. The summed E-state index contributed by atoms with van der Waals surface area (Å²) in [7, 11) is 0. The summed E-state index contributed by atoms with van der Waals surface area (Å²) in [6, 6.07) is 13.7. The van der Waals surface area contributed by atoms with E-state index < -0.39 is 5.72 Å². The average molecular weight is 284 g/mol.